The SMILES string of the molecule is CCCC1CCCN(c2cc(Br)ccc2C#N)CC1. The Labute approximate surface area is 124 Å². The van der Waals surface area contributed by atoms with Gasteiger partial charge in [0.15, 0.2) is 0 Å². The third-order valence-corrected chi connectivity index (χ3v) is 4.46. The summed E-state index contributed by atoms with van der Waals surface area (Å²) in [5.41, 5.74) is 1.88. The second-order valence-corrected chi connectivity index (χ2v) is 6.26. The molecule has 0 amide bonds. The van der Waals surface area contributed by atoms with Gasteiger partial charge in [-0.3, -0.25) is 0 Å². The predicted octanol–water partition coefficient (Wildman–Crippen LogP) is 4.73. The van der Waals surface area contributed by atoms with E-state index >= 15 is 0 Å². The van der Waals surface area contributed by atoms with E-state index in [1.54, 1.807) is 0 Å². The molecule has 1 atom stereocenters. The summed E-state index contributed by atoms with van der Waals surface area (Å²) in [5.74, 6) is 0.868. The van der Waals surface area contributed by atoms with E-state index in [4.69, 9.17) is 0 Å². The second kappa shape index (κ2) is 6.96. The molecule has 0 N–H and O–H groups in total. The highest BCUT2D eigenvalue weighted by Crippen LogP contribution is 2.29. The van der Waals surface area contributed by atoms with E-state index in [9.17, 15) is 5.26 Å². The van der Waals surface area contributed by atoms with Crippen LogP contribution in [0.2, 0.25) is 0 Å². The lowest BCUT2D eigenvalue weighted by atomic mass is 9.96. The smallest absolute Gasteiger partial charge is 0.101 e. The van der Waals surface area contributed by atoms with Gasteiger partial charge < -0.3 is 4.90 Å². The zero-order chi connectivity index (χ0) is 13.7. The van der Waals surface area contributed by atoms with Crippen LogP contribution in [-0.4, -0.2) is 13.1 Å². The highest BCUT2D eigenvalue weighted by Gasteiger charge is 2.18. The fourth-order valence-corrected chi connectivity index (χ4v) is 3.31. The van der Waals surface area contributed by atoms with Gasteiger partial charge in [-0.05, 0) is 43.4 Å². The minimum absolute atomic E-state index is 0.789. The molecule has 0 radical (unpaired) electrons. The zero-order valence-corrected chi connectivity index (χ0v) is 13.1. The van der Waals surface area contributed by atoms with Crippen molar-refractivity contribution in [2.45, 2.75) is 39.0 Å². The molecule has 1 unspecified atom stereocenters. The molecule has 19 heavy (non-hydrogen) atoms. The van der Waals surface area contributed by atoms with Gasteiger partial charge in [-0.25, -0.2) is 0 Å². The Balaban J connectivity index is 2.14. The lowest BCUT2D eigenvalue weighted by Gasteiger charge is -2.24. The summed E-state index contributed by atoms with van der Waals surface area (Å²) in [4.78, 5) is 2.39. The van der Waals surface area contributed by atoms with Crippen molar-refractivity contribution < 1.29 is 0 Å². The Bertz CT molecular complexity index is 464. The Morgan fingerprint density at radius 3 is 2.95 bits per heavy atom. The van der Waals surface area contributed by atoms with Crippen molar-refractivity contribution in [2.75, 3.05) is 18.0 Å². The molecule has 1 aliphatic heterocycles. The van der Waals surface area contributed by atoms with Crippen molar-refractivity contribution >= 4 is 21.6 Å². The Kier molecular flexibility index (Phi) is 5.27. The van der Waals surface area contributed by atoms with Crippen LogP contribution < -0.4 is 4.90 Å². The molecule has 0 saturated carbocycles. The Morgan fingerprint density at radius 2 is 2.21 bits per heavy atom. The normalized spacial score (nSPS) is 19.8. The van der Waals surface area contributed by atoms with E-state index < -0.39 is 0 Å². The van der Waals surface area contributed by atoms with Crippen LogP contribution in [0.4, 0.5) is 5.69 Å². The predicted molar refractivity (Wildman–Crippen MR) is 83.3 cm³/mol. The van der Waals surface area contributed by atoms with Gasteiger partial charge >= 0.3 is 0 Å². The minimum atomic E-state index is 0.789. The first-order valence-corrected chi connectivity index (χ1v) is 7.98. The molecule has 2 nitrogen and oxygen atoms in total. The molecule has 1 aliphatic rings. The molecule has 0 aliphatic carbocycles. The van der Waals surface area contributed by atoms with Gasteiger partial charge in [0.1, 0.15) is 6.07 Å². The van der Waals surface area contributed by atoms with Crippen molar-refractivity contribution in [2.24, 2.45) is 5.92 Å². The van der Waals surface area contributed by atoms with Crippen LogP contribution in [0.3, 0.4) is 0 Å². The van der Waals surface area contributed by atoms with Gasteiger partial charge in [-0.2, -0.15) is 5.26 Å². The van der Waals surface area contributed by atoms with E-state index in [2.05, 4.69) is 39.9 Å². The lowest BCUT2D eigenvalue weighted by Crippen LogP contribution is -2.25. The van der Waals surface area contributed by atoms with Gasteiger partial charge in [0.2, 0.25) is 0 Å². The molecule has 1 aromatic rings. The maximum absolute atomic E-state index is 9.25. The first-order valence-electron chi connectivity index (χ1n) is 7.19. The molecule has 1 heterocycles. The standard InChI is InChI=1S/C16H21BrN2/c1-2-4-13-5-3-9-19(10-8-13)16-11-15(17)7-6-14(16)12-18/h6-7,11,13H,2-5,8-10H2,1H3. The first-order chi connectivity index (χ1) is 9.24. The fraction of sp³-hybridized carbons (Fsp3) is 0.562. The maximum Gasteiger partial charge on any atom is 0.101 e. The van der Waals surface area contributed by atoms with E-state index in [0.717, 1.165) is 34.7 Å². The highest BCUT2D eigenvalue weighted by atomic mass is 79.9. The molecule has 2 rings (SSSR count). The molecule has 0 spiro atoms. The van der Waals surface area contributed by atoms with Gasteiger partial charge in [-0.1, -0.05) is 35.7 Å². The molecule has 1 fully saturated rings. The fourth-order valence-electron chi connectivity index (χ4n) is 2.96. The van der Waals surface area contributed by atoms with Gasteiger partial charge in [-0.15, -0.1) is 0 Å². The van der Waals surface area contributed by atoms with Crippen LogP contribution in [0.5, 0.6) is 0 Å². The van der Waals surface area contributed by atoms with Crippen LogP contribution in [0.1, 0.15) is 44.6 Å². The van der Waals surface area contributed by atoms with E-state index in [0.29, 0.717) is 0 Å². The summed E-state index contributed by atoms with van der Waals surface area (Å²) in [6, 6.07) is 8.25. The largest absolute Gasteiger partial charge is 0.370 e. The molecule has 1 aromatic carbocycles. The van der Waals surface area contributed by atoms with Crippen LogP contribution >= 0.6 is 15.9 Å². The number of rotatable bonds is 3. The molecule has 3 heteroatoms. The van der Waals surface area contributed by atoms with Crippen molar-refractivity contribution in [3.05, 3.63) is 28.2 Å². The van der Waals surface area contributed by atoms with Crippen molar-refractivity contribution in [3.8, 4) is 6.07 Å². The molecule has 102 valence electrons. The van der Waals surface area contributed by atoms with E-state index in [1.165, 1.54) is 32.1 Å². The summed E-state index contributed by atoms with van der Waals surface area (Å²) in [6.45, 7) is 4.42. The Hall–Kier alpha value is -1.01. The second-order valence-electron chi connectivity index (χ2n) is 5.35. The number of nitrogens with zero attached hydrogens (tertiary/aromatic N) is 2. The van der Waals surface area contributed by atoms with Crippen molar-refractivity contribution in [1.82, 2.24) is 0 Å². The van der Waals surface area contributed by atoms with E-state index in [-0.39, 0.29) is 0 Å². The van der Waals surface area contributed by atoms with Crippen molar-refractivity contribution in [3.63, 3.8) is 0 Å². The summed E-state index contributed by atoms with van der Waals surface area (Å²) in [5, 5.41) is 9.25. The van der Waals surface area contributed by atoms with Crippen LogP contribution in [0.15, 0.2) is 22.7 Å². The summed E-state index contributed by atoms with van der Waals surface area (Å²) in [7, 11) is 0. The number of hydrogen-bond donors (Lipinski definition) is 0. The molecule has 0 aromatic heterocycles. The Morgan fingerprint density at radius 1 is 1.37 bits per heavy atom. The minimum Gasteiger partial charge on any atom is -0.370 e. The number of benzene rings is 1. The molecule has 0 bridgehead atoms. The number of anilines is 1. The van der Waals surface area contributed by atoms with Gasteiger partial charge in [0, 0.05) is 17.6 Å². The first kappa shape index (κ1) is 14.4. The van der Waals surface area contributed by atoms with Crippen LogP contribution in [0.25, 0.3) is 0 Å². The number of halogens is 1. The van der Waals surface area contributed by atoms with Crippen molar-refractivity contribution in [1.29, 1.82) is 5.26 Å². The average Bonchev–Trinajstić information content (AvgIpc) is 2.65. The van der Waals surface area contributed by atoms with Crippen LogP contribution in [-0.2, 0) is 0 Å². The summed E-state index contributed by atoms with van der Waals surface area (Å²) < 4.78 is 1.05. The summed E-state index contributed by atoms with van der Waals surface area (Å²) >= 11 is 3.51. The average molecular weight is 321 g/mol. The molecule has 1 saturated heterocycles. The molecular weight excluding hydrogens is 300 g/mol. The van der Waals surface area contributed by atoms with Crippen LogP contribution in [0, 0.1) is 17.2 Å². The zero-order valence-electron chi connectivity index (χ0n) is 11.5. The van der Waals surface area contributed by atoms with Gasteiger partial charge in [0.05, 0.1) is 11.3 Å². The highest BCUT2D eigenvalue weighted by molar-refractivity contribution is 9.10. The molecular formula is C16H21BrN2. The van der Waals surface area contributed by atoms with Gasteiger partial charge in [0.25, 0.3) is 0 Å². The third-order valence-electron chi connectivity index (χ3n) is 3.97. The monoisotopic (exact) mass is 320 g/mol. The van der Waals surface area contributed by atoms with E-state index in [1.807, 2.05) is 12.1 Å². The lowest BCUT2D eigenvalue weighted by molar-refractivity contribution is 0.435. The number of hydrogen-bond acceptors (Lipinski definition) is 2. The summed E-state index contributed by atoms with van der Waals surface area (Å²) in [6.07, 6.45) is 6.45. The topological polar surface area (TPSA) is 27.0 Å². The maximum atomic E-state index is 9.25. The quantitative estimate of drug-likeness (QED) is 0.805. The third kappa shape index (κ3) is 3.73. The number of nitriles is 1.